The summed E-state index contributed by atoms with van der Waals surface area (Å²) in [5, 5.41) is 19.0. The normalized spacial score (nSPS) is 11.9. The molecule has 296 valence electrons. The van der Waals surface area contributed by atoms with Crippen molar-refractivity contribution in [3.8, 4) is 11.5 Å². The molecule has 0 saturated carbocycles. The number of nitrogens with one attached hydrogen (secondary N) is 2. The predicted octanol–water partition coefficient (Wildman–Crippen LogP) is 12.8. The van der Waals surface area contributed by atoms with Crippen molar-refractivity contribution in [3.63, 3.8) is 0 Å². The van der Waals surface area contributed by atoms with Crippen LogP contribution in [0.15, 0.2) is 94.1 Å². The molecule has 0 atom stereocenters. The van der Waals surface area contributed by atoms with E-state index in [1.165, 1.54) is 11.0 Å². The first kappa shape index (κ1) is 40.4. The lowest BCUT2D eigenvalue weighted by atomic mass is 10.2. The molecule has 0 bridgehead atoms. The molecule has 4 aromatic heterocycles. The lowest BCUT2D eigenvalue weighted by Gasteiger charge is -2.22. The summed E-state index contributed by atoms with van der Waals surface area (Å²) in [4.78, 5) is 28.4. The number of anilines is 4. The minimum absolute atomic E-state index is 0.00988. The molecule has 0 aliphatic rings. The Kier molecular flexibility index (Phi) is 12.6. The third kappa shape index (κ3) is 10.8. The van der Waals surface area contributed by atoms with E-state index in [9.17, 15) is 9.50 Å². The summed E-state index contributed by atoms with van der Waals surface area (Å²) in [5.41, 5.74) is 9.07. The number of hydrogen-bond donors (Lipinski definition) is 3. The van der Waals surface area contributed by atoms with Crippen molar-refractivity contribution in [2.45, 2.75) is 80.8 Å². The first-order valence-electron chi connectivity index (χ1n) is 18.7. The van der Waals surface area contributed by atoms with Gasteiger partial charge in [-0.1, -0.05) is 41.5 Å². The number of ether oxygens (including phenoxy) is 1. The highest BCUT2D eigenvalue weighted by atomic mass is 32.2. The van der Waals surface area contributed by atoms with Crippen molar-refractivity contribution >= 4 is 111 Å². The number of phenols is 1. The van der Waals surface area contributed by atoms with Crippen LogP contribution >= 0.6 is 46.2 Å². The van der Waals surface area contributed by atoms with Gasteiger partial charge in [0.15, 0.2) is 0 Å². The van der Waals surface area contributed by atoms with Crippen molar-refractivity contribution in [1.29, 1.82) is 0 Å². The molecule has 4 heterocycles. The van der Waals surface area contributed by atoms with Gasteiger partial charge in [0.2, 0.25) is 0 Å². The monoisotopic (exact) mass is 841 g/mol. The number of rotatable bonds is 8. The van der Waals surface area contributed by atoms with E-state index in [1.54, 1.807) is 58.6 Å². The van der Waals surface area contributed by atoms with E-state index < -0.39 is 7.15 Å². The van der Waals surface area contributed by atoms with E-state index in [0.717, 1.165) is 64.8 Å². The number of nitrogens with zero attached hydrogens (tertiary/aromatic N) is 6. The SMILES string of the molecule is CC(C)(C)Sc1cc2c(Nc3ccc4scnc4c3)ncnc2cc1O.CC(C)Oc1cc2ncnc(Nc3ccc4scnc4c3)c2cc1SC(C)(C)C.[2H]CF. The summed E-state index contributed by atoms with van der Waals surface area (Å²) in [6, 6.07) is 20.0. The van der Waals surface area contributed by atoms with Gasteiger partial charge in [-0.3, -0.25) is 4.39 Å². The molecular weight excluding hydrogens is 796 g/mol. The molecule has 3 N–H and O–H groups in total. The number of alkyl halides is 1. The highest BCUT2D eigenvalue weighted by Gasteiger charge is 2.20. The van der Waals surface area contributed by atoms with Gasteiger partial charge in [-0.2, -0.15) is 0 Å². The molecule has 0 aliphatic carbocycles. The first-order chi connectivity index (χ1) is 27.6. The van der Waals surface area contributed by atoms with Gasteiger partial charge in [-0.15, -0.1) is 46.2 Å². The molecule has 0 radical (unpaired) electrons. The second-order valence-electron chi connectivity index (χ2n) is 15.0. The Morgan fingerprint density at radius 3 is 1.63 bits per heavy atom. The number of halogens is 1. The Bertz CT molecular complexity index is 2660. The van der Waals surface area contributed by atoms with Crippen molar-refractivity contribution in [2.24, 2.45) is 0 Å². The van der Waals surface area contributed by atoms with Gasteiger partial charge in [-0.25, -0.2) is 29.9 Å². The average molecular weight is 842 g/mol. The number of benzene rings is 4. The number of aromatic nitrogens is 6. The topological polar surface area (TPSA) is 131 Å². The molecule has 15 heteroatoms. The van der Waals surface area contributed by atoms with Gasteiger partial charge in [0.1, 0.15) is 35.8 Å². The average Bonchev–Trinajstić information content (AvgIpc) is 3.81. The third-order valence-electron chi connectivity index (χ3n) is 7.80. The maximum atomic E-state index is 10.3. The minimum atomic E-state index is -1.00. The van der Waals surface area contributed by atoms with Crippen LogP contribution in [0.4, 0.5) is 27.4 Å². The zero-order chi connectivity index (χ0) is 41.6. The number of fused-ring (bicyclic) bond motifs is 4. The lowest BCUT2D eigenvalue weighted by Crippen LogP contribution is -2.10. The number of thioether (sulfide) groups is 2. The Morgan fingerprint density at radius 2 is 1.14 bits per heavy atom. The number of aromatic hydroxyl groups is 1. The largest absolute Gasteiger partial charge is 0.507 e. The molecule has 4 aromatic carbocycles. The molecule has 0 spiro atoms. The summed E-state index contributed by atoms with van der Waals surface area (Å²) < 4.78 is 24.0. The maximum absolute atomic E-state index is 10.3. The highest BCUT2D eigenvalue weighted by Crippen LogP contribution is 2.43. The van der Waals surface area contributed by atoms with Crippen LogP contribution in [0, 0.1) is 0 Å². The standard InChI is InChI=1S/C22H24N4OS2.C19H18N4OS2.CH3F/c1-13(2)27-18-10-16-15(9-20(18)29-22(3,4)5)21(24-11-23-16)26-14-6-7-19-17(8-14)25-12-28-19;1-19(2,3)26-17-7-12-13(8-15(17)24)20-9-21-18(12)23-11-4-5-16-14(6-11)22-10-25-16;1-2/h6-13H,1-5H3,(H,23,24,26);4-10,24H,1-3H3,(H,20,21,23);1H3/i;;1D. The molecule has 0 unspecified atom stereocenters. The Labute approximate surface area is 349 Å². The Balaban J connectivity index is 0.000000184. The summed E-state index contributed by atoms with van der Waals surface area (Å²) in [7, 11) is -1.00. The fourth-order valence-electron chi connectivity index (χ4n) is 5.65. The van der Waals surface area contributed by atoms with Crippen LogP contribution < -0.4 is 15.4 Å². The second kappa shape index (κ2) is 17.8. The predicted molar refractivity (Wildman–Crippen MR) is 241 cm³/mol. The number of phenolic OH excluding ortho intramolecular Hbond substituents is 1. The molecule has 57 heavy (non-hydrogen) atoms. The fourth-order valence-corrected chi connectivity index (χ4v) is 9.01. The van der Waals surface area contributed by atoms with Crippen molar-refractivity contribution in [1.82, 2.24) is 29.9 Å². The van der Waals surface area contributed by atoms with Gasteiger partial charge >= 0.3 is 0 Å². The van der Waals surface area contributed by atoms with E-state index in [-0.39, 0.29) is 21.3 Å². The van der Waals surface area contributed by atoms with Crippen LogP contribution in [0.3, 0.4) is 0 Å². The summed E-state index contributed by atoms with van der Waals surface area (Å²) in [5.74, 6) is 2.59. The van der Waals surface area contributed by atoms with Crippen LogP contribution in [-0.2, 0) is 0 Å². The van der Waals surface area contributed by atoms with Crippen LogP contribution in [0.25, 0.3) is 42.2 Å². The van der Waals surface area contributed by atoms with Crippen LogP contribution in [0.5, 0.6) is 11.5 Å². The van der Waals surface area contributed by atoms with Crippen molar-refractivity contribution in [2.75, 3.05) is 17.8 Å². The fraction of sp³-hybridized carbons (Fsp3) is 0.286. The first-order valence-corrected chi connectivity index (χ1v) is 21.4. The molecule has 0 amide bonds. The van der Waals surface area contributed by atoms with Crippen LogP contribution in [-0.4, -0.2) is 57.8 Å². The molecule has 10 nitrogen and oxygen atoms in total. The lowest BCUT2D eigenvalue weighted by molar-refractivity contribution is 0.237. The van der Waals surface area contributed by atoms with E-state index in [4.69, 9.17) is 6.11 Å². The van der Waals surface area contributed by atoms with E-state index in [2.05, 4.69) is 100 Å². The van der Waals surface area contributed by atoms with E-state index in [0.29, 0.717) is 11.3 Å². The third-order valence-corrected chi connectivity index (χ3v) is 11.7. The van der Waals surface area contributed by atoms with Gasteiger partial charge < -0.3 is 20.5 Å². The quantitative estimate of drug-likeness (QED) is 0.126. The zero-order valence-electron chi connectivity index (χ0n) is 33.9. The van der Waals surface area contributed by atoms with Crippen molar-refractivity contribution in [3.05, 3.63) is 84.3 Å². The van der Waals surface area contributed by atoms with Gasteiger partial charge in [0.25, 0.3) is 0 Å². The van der Waals surface area contributed by atoms with Gasteiger partial charge in [-0.05, 0) is 62.4 Å². The molecule has 0 fully saturated rings. The zero-order valence-corrected chi connectivity index (χ0v) is 36.2. The summed E-state index contributed by atoms with van der Waals surface area (Å²) >= 11 is 6.66. The van der Waals surface area contributed by atoms with Crippen molar-refractivity contribution < 1.29 is 15.6 Å². The molecular formula is C42H45FN8O2S4. The molecule has 8 aromatic rings. The summed E-state index contributed by atoms with van der Waals surface area (Å²) in [6.07, 6.45) is 3.18. The highest BCUT2D eigenvalue weighted by molar-refractivity contribution is 8.01. The number of thiazole rings is 2. The smallest absolute Gasteiger partial charge is 0.141 e. The maximum Gasteiger partial charge on any atom is 0.141 e. The molecule has 0 saturated heterocycles. The van der Waals surface area contributed by atoms with Gasteiger partial charge in [0.05, 0.1) is 66.9 Å². The Morgan fingerprint density at radius 1 is 0.667 bits per heavy atom. The Hall–Kier alpha value is -4.83. The minimum Gasteiger partial charge on any atom is -0.507 e. The van der Waals surface area contributed by atoms with Crippen LogP contribution in [0.2, 0.25) is 0 Å². The van der Waals surface area contributed by atoms with E-state index >= 15 is 0 Å². The number of hydrogen-bond acceptors (Lipinski definition) is 14. The molecule has 0 aliphatic heterocycles. The summed E-state index contributed by atoms with van der Waals surface area (Å²) in [6.45, 7) is 17.0. The second-order valence-corrected chi connectivity index (χ2v) is 20.5. The molecule has 8 rings (SSSR count). The van der Waals surface area contributed by atoms with Crippen LogP contribution in [0.1, 0.15) is 56.8 Å². The van der Waals surface area contributed by atoms with Gasteiger partial charge in [0, 0.05) is 43.8 Å². The van der Waals surface area contributed by atoms with E-state index in [1.807, 2.05) is 61.3 Å².